The van der Waals surface area contributed by atoms with E-state index < -0.39 is 10.0 Å². The standard InChI is InChI=1S/C15H23NO4S/c1-11-9-12(2)15(14(10-11)21(16,17)18)20-8-4-6-13-5-3-7-19-13/h9-10,13H,3-8H2,1-2H3,(H2,16,17,18). The lowest BCUT2D eigenvalue weighted by Gasteiger charge is -2.15. The molecule has 1 unspecified atom stereocenters. The zero-order chi connectivity index (χ0) is 15.5. The van der Waals surface area contributed by atoms with Crippen LogP contribution in [0, 0.1) is 13.8 Å². The zero-order valence-electron chi connectivity index (χ0n) is 12.6. The van der Waals surface area contributed by atoms with Gasteiger partial charge in [0.15, 0.2) is 0 Å². The molecule has 1 fully saturated rings. The normalized spacial score (nSPS) is 18.9. The smallest absolute Gasteiger partial charge is 0.241 e. The monoisotopic (exact) mass is 313 g/mol. The minimum Gasteiger partial charge on any atom is -0.492 e. The Balaban J connectivity index is 2.01. The third kappa shape index (κ3) is 4.43. The fourth-order valence-corrected chi connectivity index (χ4v) is 3.50. The first-order valence-electron chi connectivity index (χ1n) is 7.26. The van der Waals surface area contributed by atoms with Crippen LogP contribution in [0.5, 0.6) is 5.75 Å². The Kier molecular flexibility index (Phi) is 5.24. The molecule has 5 nitrogen and oxygen atoms in total. The van der Waals surface area contributed by atoms with E-state index >= 15 is 0 Å². The predicted octanol–water partition coefficient (Wildman–Crippen LogP) is 2.29. The summed E-state index contributed by atoms with van der Waals surface area (Å²) in [4.78, 5) is 0.0668. The van der Waals surface area contributed by atoms with Crippen molar-refractivity contribution >= 4 is 10.0 Å². The molecule has 1 atom stereocenters. The molecule has 0 spiro atoms. The lowest BCUT2D eigenvalue weighted by atomic mass is 10.1. The van der Waals surface area contributed by atoms with Crippen LogP contribution in [0.2, 0.25) is 0 Å². The van der Waals surface area contributed by atoms with Gasteiger partial charge in [0.05, 0.1) is 12.7 Å². The summed E-state index contributed by atoms with van der Waals surface area (Å²) in [7, 11) is -3.78. The number of hydrogen-bond acceptors (Lipinski definition) is 4. The van der Waals surface area contributed by atoms with Crippen molar-refractivity contribution in [3.05, 3.63) is 23.3 Å². The van der Waals surface area contributed by atoms with E-state index in [1.807, 2.05) is 19.9 Å². The van der Waals surface area contributed by atoms with Gasteiger partial charge in [0.1, 0.15) is 10.6 Å². The lowest BCUT2D eigenvalue weighted by Crippen LogP contribution is -2.15. The van der Waals surface area contributed by atoms with E-state index in [4.69, 9.17) is 14.6 Å². The minimum atomic E-state index is -3.78. The summed E-state index contributed by atoms with van der Waals surface area (Å²) >= 11 is 0. The molecule has 1 aliphatic heterocycles. The van der Waals surface area contributed by atoms with E-state index in [9.17, 15) is 8.42 Å². The number of rotatable bonds is 6. The van der Waals surface area contributed by atoms with Gasteiger partial charge in [-0.05, 0) is 56.7 Å². The molecule has 1 aromatic rings. The Labute approximate surface area is 126 Å². The van der Waals surface area contributed by atoms with E-state index in [0.29, 0.717) is 18.5 Å². The van der Waals surface area contributed by atoms with Gasteiger partial charge < -0.3 is 9.47 Å². The van der Waals surface area contributed by atoms with E-state index in [-0.39, 0.29) is 4.90 Å². The summed E-state index contributed by atoms with van der Waals surface area (Å²) < 4.78 is 34.6. The van der Waals surface area contributed by atoms with Gasteiger partial charge in [-0.2, -0.15) is 0 Å². The second-order valence-electron chi connectivity index (χ2n) is 5.58. The second-order valence-corrected chi connectivity index (χ2v) is 7.11. The minimum absolute atomic E-state index is 0.0668. The van der Waals surface area contributed by atoms with E-state index in [1.54, 1.807) is 6.07 Å². The quantitative estimate of drug-likeness (QED) is 0.817. The molecular formula is C15H23NO4S. The molecule has 0 aromatic heterocycles. The highest BCUT2D eigenvalue weighted by Gasteiger charge is 2.19. The maximum absolute atomic E-state index is 11.7. The van der Waals surface area contributed by atoms with Crippen molar-refractivity contribution in [2.24, 2.45) is 5.14 Å². The zero-order valence-corrected chi connectivity index (χ0v) is 13.4. The third-order valence-corrected chi connectivity index (χ3v) is 4.55. The van der Waals surface area contributed by atoms with Crippen LogP contribution in [0.25, 0.3) is 0 Å². The number of benzene rings is 1. The van der Waals surface area contributed by atoms with Crippen molar-refractivity contribution in [3.63, 3.8) is 0 Å². The Hall–Kier alpha value is -1.11. The first-order valence-corrected chi connectivity index (χ1v) is 8.81. The average Bonchev–Trinajstić information content (AvgIpc) is 2.87. The fraction of sp³-hybridized carbons (Fsp3) is 0.600. The van der Waals surface area contributed by atoms with Crippen molar-refractivity contribution in [3.8, 4) is 5.75 Å². The van der Waals surface area contributed by atoms with Crippen molar-refractivity contribution < 1.29 is 17.9 Å². The van der Waals surface area contributed by atoms with Gasteiger partial charge in [0.2, 0.25) is 10.0 Å². The second kappa shape index (κ2) is 6.77. The molecule has 1 saturated heterocycles. The summed E-state index contributed by atoms with van der Waals surface area (Å²) in [5.74, 6) is 0.371. The molecule has 0 aliphatic carbocycles. The number of ether oxygens (including phenoxy) is 2. The Morgan fingerprint density at radius 3 is 2.76 bits per heavy atom. The van der Waals surface area contributed by atoms with Crippen LogP contribution < -0.4 is 9.88 Å². The highest BCUT2D eigenvalue weighted by atomic mass is 32.2. The summed E-state index contributed by atoms with van der Waals surface area (Å²) in [6.07, 6.45) is 4.33. The van der Waals surface area contributed by atoms with Crippen LogP contribution in [-0.2, 0) is 14.8 Å². The number of aryl methyl sites for hydroxylation is 2. The van der Waals surface area contributed by atoms with Crippen LogP contribution >= 0.6 is 0 Å². The van der Waals surface area contributed by atoms with Gasteiger partial charge in [-0.1, -0.05) is 6.07 Å². The van der Waals surface area contributed by atoms with Crippen LogP contribution in [0.15, 0.2) is 17.0 Å². The first kappa shape index (κ1) is 16.3. The fourth-order valence-electron chi connectivity index (χ4n) is 2.67. The summed E-state index contributed by atoms with van der Waals surface area (Å²) in [6, 6.07) is 3.45. The average molecular weight is 313 g/mol. The topological polar surface area (TPSA) is 78.6 Å². The van der Waals surface area contributed by atoms with Crippen molar-refractivity contribution in [1.82, 2.24) is 0 Å². The van der Waals surface area contributed by atoms with Gasteiger partial charge in [-0.3, -0.25) is 0 Å². The van der Waals surface area contributed by atoms with Gasteiger partial charge in [-0.15, -0.1) is 0 Å². The van der Waals surface area contributed by atoms with Crippen LogP contribution in [0.4, 0.5) is 0 Å². The third-order valence-electron chi connectivity index (χ3n) is 3.63. The van der Waals surface area contributed by atoms with Crippen LogP contribution in [-0.4, -0.2) is 27.7 Å². The molecule has 0 bridgehead atoms. The lowest BCUT2D eigenvalue weighted by molar-refractivity contribution is 0.0979. The Morgan fingerprint density at radius 1 is 1.38 bits per heavy atom. The summed E-state index contributed by atoms with van der Waals surface area (Å²) in [5.41, 5.74) is 1.64. The number of hydrogen-bond donors (Lipinski definition) is 1. The maximum Gasteiger partial charge on any atom is 0.241 e. The molecule has 21 heavy (non-hydrogen) atoms. The molecule has 2 N–H and O–H groups in total. The van der Waals surface area contributed by atoms with Crippen molar-refractivity contribution in [2.75, 3.05) is 13.2 Å². The highest BCUT2D eigenvalue weighted by Crippen LogP contribution is 2.29. The molecule has 1 aliphatic rings. The van der Waals surface area contributed by atoms with E-state index in [0.717, 1.165) is 43.4 Å². The largest absolute Gasteiger partial charge is 0.492 e. The molecule has 6 heteroatoms. The Bertz CT molecular complexity index is 592. The predicted molar refractivity (Wildman–Crippen MR) is 81.0 cm³/mol. The van der Waals surface area contributed by atoms with Gasteiger partial charge in [-0.25, -0.2) is 13.6 Å². The van der Waals surface area contributed by atoms with Crippen LogP contribution in [0.1, 0.15) is 36.8 Å². The molecular weight excluding hydrogens is 290 g/mol. The summed E-state index contributed by atoms with van der Waals surface area (Å²) in [5, 5.41) is 5.27. The molecule has 1 aromatic carbocycles. The SMILES string of the molecule is Cc1cc(C)c(OCCCC2CCCO2)c(S(N)(=O)=O)c1. The van der Waals surface area contributed by atoms with Gasteiger partial charge in [0, 0.05) is 6.61 Å². The molecule has 1 heterocycles. The van der Waals surface area contributed by atoms with Crippen molar-refractivity contribution in [1.29, 1.82) is 0 Å². The summed E-state index contributed by atoms with van der Waals surface area (Å²) in [6.45, 7) is 4.98. The molecule has 0 amide bonds. The molecule has 0 saturated carbocycles. The van der Waals surface area contributed by atoms with Gasteiger partial charge in [0.25, 0.3) is 0 Å². The Morgan fingerprint density at radius 2 is 2.14 bits per heavy atom. The number of primary sulfonamides is 1. The van der Waals surface area contributed by atoms with Crippen molar-refractivity contribution in [2.45, 2.75) is 50.5 Å². The van der Waals surface area contributed by atoms with Crippen LogP contribution in [0.3, 0.4) is 0 Å². The number of nitrogens with two attached hydrogens (primary N) is 1. The van der Waals surface area contributed by atoms with E-state index in [2.05, 4.69) is 0 Å². The molecule has 118 valence electrons. The number of sulfonamides is 1. The maximum atomic E-state index is 11.7. The molecule has 2 rings (SSSR count). The molecule has 0 radical (unpaired) electrons. The first-order chi connectivity index (χ1) is 9.88. The highest BCUT2D eigenvalue weighted by molar-refractivity contribution is 7.89. The van der Waals surface area contributed by atoms with E-state index in [1.165, 1.54) is 0 Å². The van der Waals surface area contributed by atoms with Gasteiger partial charge >= 0.3 is 0 Å².